The first-order chi connectivity index (χ1) is 7.30. The van der Waals surface area contributed by atoms with Crippen LogP contribution in [-0.4, -0.2) is 22.7 Å². The SMILES string of the molecule is C1=CCOC=C1.O=C(O)c1ccccn1. The highest BCUT2D eigenvalue weighted by Crippen LogP contribution is 1.90. The molecule has 0 bridgehead atoms. The summed E-state index contributed by atoms with van der Waals surface area (Å²) in [5.74, 6) is -0.990. The largest absolute Gasteiger partial charge is 0.497 e. The van der Waals surface area contributed by atoms with Gasteiger partial charge in [0.2, 0.25) is 0 Å². The molecule has 1 aromatic rings. The summed E-state index contributed by atoms with van der Waals surface area (Å²) in [4.78, 5) is 13.7. The molecule has 2 heterocycles. The van der Waals surface area contributed by atoms with Crippen LogP contribution in [-0.2, 0) is 4.74 Å². The molecule has 1 aromatic heterocycles. The van der Waals surface area contributed by atoms with E-state index in [1.54, 1.807) is 18.4 Å². The molecule has 0 spiro atoms. The van der Waals surface area contributed by atoms with Crippen molar-refractivity contribution in [2.75, 3.05) is 6.61 Å². The predicted molar refractivity (Wildman–Crippen MR) is 55.4 cm³/mol. The number of hydrogen-bond acceptors (Lipinski definition) is 3. The summed E-state index contributed by atoms with van der Waals surface area (Å²) in [6.45, 7) is 0.733. The molecule has 0 unspecified atom stereocenters. The maximum absolute atomic E-state index is 10.1. The first-order valence-electron chi connectivity index (χ1n) is 4.38. The molecule has 15 heavy (non-hydrogen) atoms. The van der Waals surface area contributed by atoms with Gasteiger partial charge < -0.3 is 9.84 Å². The minimum atomic E-state index is -0.990. The summed E-state index contributed by atoms with van der Waals surface area (Å²) in [5, 5.41) is 8.32. The van der Waals surface area contributed by atoms with Crippen molar-refractivity contribution in [1.82, 2.24) is 4.98 Å². The van der Waals surface area contributed by atoms with Crippen LogP contribution >= 0.6 is 0 Å². The minimum Gasteiger partial charge on any atom is -0.497 e. The van der Waals surface area contributed by atoms with Gasteiger partial charge in [-0.3, -0.25) is 0 Å². The lowest BCUT2D eigenvalue weighted by Crippen LogP contribution is -1.97. The Kier molecular flexibility index (Phi) is 4.66. The van der Waals surface area contributed by atoms with E-state index in [-0.39, 0.29) is 5.69 Å². The summed E-state index contributed by atoms with van der Waals surface area (Å²) in [7, 11) is 0. The number of pyridine rings is 1. The molecule has 0 atom stereocenters. The lowest BCUT2D eigenvalue weighted by Gasteiger charge is -1.94. The topological polar surface area (TPSA) is 59.4 Å². The van der Waals surface area contributed by atoms with Gasteiger partial charge in [0.05, 0.1) is 6.26 Å². The molecule has 78 valence electrons. The van der Waals surface area contributed by atoms with Gasteiger partial charge in [-0.15, -0.1) is 0 Å². The van der Waals surface area contributed by atoms with Crippen molar-refractivity contribution in [2.45, 2.75) is 0 Å². The highest BCUT2D eigenvalue weighted by atomic mass is 16.5. The lowest BCUT2D eigenvalue weighted by molar-refractivity contribution is 0.0690. The third-order valence-corrected chi connectivity index (χ3v) is 1.50. The van der Waals surface area contributed by atoms with Crippen LogP contribution in [0.2, 0.25) is 0 Å². The summed E-state index contributed by atoms with van der Waals surface area (Å²) >= 11 is 0. The molecule has 0 radical (unpaired) electrons. The molecular formula is C11H11NO3. The molecule has 0 saturated carbocycles. The first-order valence-corrected chi connectivity index (χ1v) is 4.38. The van der Waals surface area contributed by atoms with E-state index in [1.807, 2.05) is 18.2 Å². The van der Waals surface area contributed by atoms with Gasteiger partial charge in [0.15, 0.2) is 0 Å². The molecule has 0 aromatic carbocycles. The number of carboxylic acids is 1. The van der Waals surface area contributed by atoms with E-state index in [1.165, 1.54) is 12.3 Å². The third-order valence-electron chi connectivity index (χ3n) is 1.50. The maximum Gasteiger partial charge on any atom is 0.354 e. The zero-order valence-electron chi connectivity index (χ0n) is 8.04. The average molecular weight is 205 g/mol. The Morgan fingerprint density at radius 3 is 2.53 bits per heavy atom. The van der Waals surface area contributed by atoms with Crippen LogP contribution in [0.1, 0.15) is 10.5 Å². The van der Waals surface area contributed by atoms with Crippen molar-refractivity contribution >= 4 is 5.97 Å². The Bertz CT molecular complexity index is 345. The summed E-state index contributed by atoms with van der Waals surface area (Å²) in [5.41, 5.74) is 0.0810. The molecule has 0 amide bonds. The van der Waals surface area contributed by atoms with Gasteiger partial charge in [0.1, 0.15) is 12.3 Å². The quantitative estimate of drug-likeness (QED) is 0.760. The second-order valence-corrected chi connectivity index (χ2v) is 2.61. The van der Waals surface area contributed by atoms with Crippen LogP contribution in [0, 0.1) is 0 Å². The van der Waals surface area contributed by atoms with E-state index in [9.17, 15) is 4.79 Å². The van der Waals surface area contributed by atoms with Crippen molar-refractivity contribution in [3.8, 4) is 0 Å². The zero-order chi connectivity index (χ0) is 10.9. The van der Waals surface area contributed by atoms with E-state index in [0.29, 0.717) is 0 Å². The van der Waals surface area contributed by atoms with Gasteiger partial charge in [-0.1, -0.05) is 12.1 Å². The Morgan fingerprint density at radius 2 is 2.27 bits per heavy atom. The molecule has 2 rings (SSSR count). The van der Waals surface area contributed by atoms with Gasteiger partial charge >= 0.3 is 5.97 Å². The average Bonchev–Trinajstić information content (AvgIpc) is 2.33. The fourth-order valence-electron chi connectivity index (χ4n) is 0.835. The normalized spacial score (nSPS) is 12.3. The highest BCUT2D eigenvalue weighted by Gasteiger charge is 1.98. The molecule has 1 aliphatic rings. The van der Waals surface area contributed by atoms with Crippen molar-refractivity contribution in [1.29, 1.82) is 0 Å². The van der Waals surface area contributed by atoms with Crippen LogP contribution in [0.5, 0.6) is 0 Å². The Labute approximate surface area is 87.5 Å². The van der Waals surface area contributed by atoms with E-state index in [4.69, 9.17) is 9.84 Å². The monoisotopic (exact) mass is 205 g/mol. The second kappa shape index (κ2) is 6.37. The van der Waals surface area contributed by atoms with E-state index < -0.39 is 5.97 Å². The third kappa shape index (κ3) is 4.61. The number of ether oxygens (including phenoxy) is 1. The van der Waals surface area contributed by atoms with Crippen molar-refractivity contribution in [2.24, 2.45) is 0 Å². The lowest BCUT2D eigenvalue weighted by atomic mass is 10.4. The first kappa shape index (κ1) is 11.0. The van der Waals surface area contributed by atoms with E-state index in [2.05, 4.69) is 4.98 Å². The summed E-state index contributed by atoms with van der Waals surface area (Å²) < 4.78 is 4.80. The van der Waals surface area contributed by atoms with Crippen molar-refractivity contribution < 1.29 is 14.6 Å². The Hall–Kier alpha value is -2.10. The van der Waals surface area contributed by atoms with Crippen LogP contribution < -0.4 is 0 Å². The second-order valence-electron chi connectivity index (χ2n) is 2.61. The standard InChI is InChI=1S/C6H5NO2.C5H6O/c8-6(9)5-3-1-2-4-7-5;1-2-4-6-5-3-1/h1-4H,(H,8,9);1-4H,5H2. The van der Waals surface area contributed by atoms with Crippen LogP contribution in [0.15, 0.2) is 48.9 Å². The van der Waals surface area contributed by atoms with Gasteiger partial charge in [0, 0.05) is 6.20 Å². The van der Waals surface area contributed by atoms with Crippen LogP contribution in [0.3, 0.4) is 0 Å². The van der Waals surface area contributed by atoms with Gasteiger partial charge in [0.25, 0.3) is 0 Å². The molecule has 1 aliphatic heterocycles. The minimum absolute atomic E-state index is 0.0810. The Balaban J connectivity index is 0.000000162. The van der Waals surface area contributed by atoms with Crippen molar-refractivity contribution in [3.05, 3.63) is 54.6 Å². The predicted octanol–water partition coefficient (Wildman–Crippen LogP) is 1.87. The molecule has 0 saturated heterocycles. The van der Waals surface area contributed by atoms with Crippen LogP contribution in [0.4, 0.5) is 0 Å². The van der Waals surface area contributed by atoms with Gasteiger partial charge in [-0.2, -0.15) is 0 Å². The zero-order valence-corrected chi connectivity index (χ0v) is 8.04. The number of carbonyl (C=O) groups is 1. The number of carboxylic acid groups (broad SMARTS) is 1. The molecule has 0 fully saturated rings. The number of allylic oxidation sites excluding steroid dienone is 2. The summed E-state index contributed by atoms with van der Waals surface area (Å²) in [6, 6.07) is 4.76. The Morgan fingerprint density at radius 1 is 1.40 bits per heavy atom. The molecule has 4 nitrogen and oxygen atoms in total. The molecule has 1 N–H and O–H groups in total. The number of rotatable bonds is 1. The molecule has 0 aliphatic carbocycles. The fourth-order valence-corrected chi connectivity index (χ4v) is 0.835. The molecular weight excluding hydrogens is 194 g/mol. The van der Waals surface area contributed by atoms with Gasteiger partial charge in [-0.05, 0) is 24.3 Å². The number of hydrogen-bond donors (Lipinski definition) is 1. The van der Waals surface area contributed by atoms with E-state index >= 15 is 0 Å². The number of nitrogens with zero attached hydrogens (tertiary/aromatic N) is 1. The molecule has 4 heteroatoms. The van der Waals surface area contributed by atoms with Gasteiger partial charge in [-0.25, -0.2) is 9.78 Å². The highest BCUT2D eigenvalue weighted by molar-refractivity contribution is 5.85. The summed E-state index contributed by atoms with van der Waals surface area (Å²) in [6.07, 6.45) is 8.91. The number of aromatic nitrogens is 1. The van der Waals surface area contributed by atoms with E-state index in [0.717, 1.165) is 6.61 Å². The smallest absolute Gasteiger partial charge is 0.354 e. The van der Waals surface area contributed by atoms with Crippen molar-refractivity contribution in [3.63, 3.8) is 0 Å². The van der Waals surface area contributed by atoms with Crippen LogP contribution in [0.25, 0.3) is 0 Å². The number of aromatic carboxylic acids is 1. The fraction of sp³-hybridized carbons (Fsp3) is 0.0909. The maximum atomic E-state index is 10.1.